The SMILES string of the molecule is CC(NCc1cc([N+](=O)[O-])cc2[nH]c(=O)c(=O)[nH]c12)P(C)(=O)O. The number of benzene rings is 1. The van der Waals surface area contributed by atoms with Gasteiger partial charge in [-0.05, 0) is 12.5 Å². The van der Waals surface area contributed by atoms with E-state index in [2.05, 4.69) is 15.3 Å². The van der Waals surface area contributed by atoms with Gasteiger partial charge in [0, 0.05) is 25.3 Å². The van der Waals surface area contributed by atoms with Crippen LogP contribution in [0.2, 0.25) is 0 Å². The molecule has 124 valence electrons. The van der Waals surface area contributed by atoms with Crippen LogP contribution >= 0.6 is 7.37 Å². The van der Waals surface area contributed by atoms with Crippen LogP contribution in [0.1, 0.15) is 12.5 Å². The van der Waals surface area contributed by atoms with Gasteiger partial charge in [-0.3, -0.25) is 24.3 Å². The van der Waals surface area contributed by atoms with Gasteiger partial charge >= 0.3 is 11.1 Å². The Morgan fingerprint density at radius 1 is 1.35 bits per heavy atom. The fourth-order valence-corrected chi connectivity index (χ4v) is 2.38. The predicted molar refractivity (Wildman–Crippen MR) is 83.9 cm³/mol. The van der Waals surface area contributed by atoms with Gasteiger partial charge in [0.05, 0.1) is 21.7 Å². The zero-order valence-electron chi connectivity index (χ0n) is 12.3. The summed E-state index contributed by atoms with van der Waals surface area (Å²) < 4.78 is 11.6. The molecule has 0 spiro atoms. The number of nitrogens with zero attached hydrogens (tertiary/aromatic N) is 1. The molecule has 1 aromatic heterocycles. The van der Waals surface area contributed by atoms with Gasteiger partial charge in [0.15, 0.2) is 0 Å². The number of aromatic nitrogens is 2. The number of rotatable bonds is 5. The molecule has 0 amide bonds. The lowest BCUT2D eigenvalue weighted by molar-refractivity contribution is -0.384. The third-order valence-electron chi connectivity index (χ3n) is 3.42. The molecule has 23 heavy (non-hydrogen) atoms. The van der Waals surface area contributed by atoms with E-state index in [0.717, 1.165) is 6.07 Å². The monoisotopic (exact) mass is 342 g/mol. The molecule has 0 aliphatic carbocycles. The molecule has 0 aliphatic rings. The van der Waals surface area contributed by atoms with Crippen LogP contribution in [0.25, 0.3) is 11.0 Å². The summed E-state index contributed by atoms with van der Waals surface area (Å²) in [6.07, 6.45) is 0. The van der Waals surface area contributed by atoms with E-state index < -0.39 is 29.2 Å². The molecule has 4 N–H and O–H groups in total. The number of fused-ring (bicyclic) bond motifs is 1. The summed E-state index contributed by atoms with van der Waals surface area (Å²) >= 11 is 0. The Hall–Kier alpha value is -2.29. The van der Waals surface area contributed by atoms with Gasteiger partial charge in [0.25, 0.3) is 5.69 Å². The molecule has 11 heteroatoms. The van der Waals surface area contributed by atoms with E-state index in [4.69, 9.17) is 0 Å². The number of nitro groups is 1. The summed E-state index contributed by atoms with van der Waals surface area (Å²) in [6, 6.07) is 2.37. The Balaban J connectivity index is 2.54. The summed E-state index contributed by atoms with van der Waals surface area (Å²) in [6.45, 7) is 2.69. The predicted octanol–water partition coefficient (Wildman–Crippen LogP) is 0.460. The fraction of sp³-hybridized carbons (Fsp3) is 0.333. The molecule has 10 nitrogen and oxygen atoms in total. The molecule has 2 rings (SSSR count). The van der Waals surface area contributed by atoms with Gasteiger partial charge in [-0.15, -0.1) is 0 Å². The first-order valence-electron chi connectivity index (χ1n) is 6.56. The van der Waals surface area contributed by atoms with Crippen LogP contribution in [-0.4, -0.2) is 32.2 Å². The molecule has 0 aliphatic heterocycles. The largest absolute Gasteiger partial charge is 0.343 e. The molecule has 1 aromatic carbocycles. The van der Waals surface area contributed by atoms with Crippen molar-refractivity contribution in [3.05, 3.63) is 48.5 Å². The third-order valence-corrected chi connectivity index (χ3v) is 5.03. The molecule has 0 saturated heterocycles. The number of nitrogens with one attached hydrogen (secondary N) is 3. The second-order valence-electron chi connectivity index (χ2n) is 5.19. The van der Waals surface area contributed by atoms with Crippen molar-refractivity contribution in [1.29, 1.82) is 0 Å². The van der Waals surface area contributed by atoms with Crippen LogP contribution in [-0.2, 0) is 11.1 Å². The van der Waals surface area contributed by atoms with Crippen molar-refractivity contribution in [3.8, 4) is 0 Å². The van der Waals surface area contributed by atoms with Crippen LogP contribution in [0.4, 0.5) is 5.69 Å². The van der Waals surface area contributed by atoms with E-state index in [-0.39, 0.29) is 23.3 Å². The van der Waals surface area contributed by atoms with E-state index in [1.807, 2.05) is 0 Å². The normalized spacial score (nSPS) is 15.3. The highest BCUT2D eigenvalue weighted by molar-refractivity contribution is 7.57. The minimum atomic E-state index is -3.38. The average molecular weight is 342 g/mol. The highest BCUT2D eigenvalue weighted by Crippen LogP contribution is 2.40. The van der Waals surface area contributed by atoms with Gasteiger partial charge in [-0.2, -0.15) is 0 Å². The van der Waals surface area contributed by atoms with Gasteiger partial charge in [0.2, 0.25) is 7.37 Å². The molecule has 0 fully saturated rings. The maximum atomic E-state index is 11.6. The lowest BCUT2D eigenvalue weighted by atomic mass is 10.1. The molecule has 2 atom stereocenters. The number of hydrogen-bond acceptors (Lipinski definition) is 6. The number of hydrogen-bond donors (Lipinski definition) is 4. The Morgan fingerprint density at radius 2 is 1.96 bits per heavy atom. The van der Waals surface area contributed by atoms with Gasteiger partial charge < -0.3 is 20.2 Å². The van der Waals surface area contributed by atoms with E-state index in [1.165, 1.54) is 19.7 Å². The molecule has 1 heterocycles. The van der Waals surface area contributed by atoms with Crippen molar-refractivity contribution in [1.82, 2.24) is 15.3 Å². The number of nitro benzene ring substituents is 1. The molecule has 0 bridgehead atoms. The molecule has 0 radical (unpaired) electrons. The van der Waals surface area contributed by atoms with Crippen molar-refractivity contribution >= 4 is 24.1 Å². The van der Waals surface area contributed by atoms with Crippen molar-refractivity contribution in [2.24, 2.45) is 0 Å². The first kappa shape index (κ1) is 17.1. The zero-order valence-corrected chi connectivity index (χ0v) is 13.2. The zero-order chi connectivity index (χ0) is 17.4. The number of aromatic amines is 2. The third kappa shape index (κ3) is 3.73. The molecule has 0 saturated carbocycles. The van der Waals surface area contributed by atoms with Gasteiger partial charge in [-0.1, -0.05) is 0 Å². The summed E-state index contributed by atoms with van der Waals surface area (Å²) in [4.78, 5) is 47.3. The quantitative estimate of drug-likeness (QED) is 0.266. The van der Waals surface area contributed by atoms with Crippen molar-refractivity contribution < 1.29 is 14.4 Å². The minimum absolute atomic E-state index is 0.000277. The van der Waals surface area contributed by atoms with E-state index in [1.54, 1.807) is 0 Å². The van der Waals surface area contributed by atoms with Crippen LogP contribution in [0.15, 0.2) is 21.7 Å². The summed E-state index contributed by atoms with van der Waals surface area (Å²) in [7, 11) is -3.38. The van der Waals surface area contributed by atoms with Crippen LogP contribution in [0, 0.1) is 10.1 Å². The van der Waals surface area contributed by atoms with Gasteiger partial charge in [-0.25, -0.2) is 0 Å². The molecule has 2 aromatic rings. The van der Waals surface area contributed by atoms with Crippen LogP contribution in [0.3, 0.4) is 0 Å². The summed E-state index contributed by atoms with van der Waals surface area (Å²) in [5.41, 5.74) is -1.42. The Bertz CT molecular complexity index is 927. The number of H-pyrrole nitrogens is 2. The first-order chi connectivity index (χ1) is 10.6. The maximum absolute atomic E-state index is 11.6. The lowest BCUT2D eigenvalue weighted by Gasteiger charge is -2.17. The van der Waals surface area contributed by atoms with Crippen molar-refractivity contribution in [2.75, 3.05) is 6.66 Å². The minimum Gasteiger partial charge on any atom is -0.343 e. The van der Waals surface area contributed by atoms with Crippen LogP contribution < -0.4 is 16.4 Å². The molecular formula is C12H15N4O6P. The molecular weight excluding hydrogens is 327 g/mol. The van der Waals surface area contributed by atoms with Crippen molar-refractivity contribution in [3.63, 3.8) is 0 Å². The van der Waals surface area contributed by atoms with E-state index >= 15 is 0 Å². The molecule has 2 unspecified atom stereocenters. The van der Waals surface area contributed by atoms with E-state index in [9.17, 15) is 29.2 Å². The Morgan fingerprint density at radius 3 is 2.52 bits per heavy atom. The Labute approximate surface area is 129 Å². The smallest absolute Gasteiger partial charge is 0.314 e. The number of non-ortho nitro benzene ring substituents is 1. The van der Waals surface area contributed by atoms with Crippen molar-refractivity contribution in [2.45, 2.75) is 19.3 Å². The first-order valence-corrected chi connectivity index (χ1v) is 8.74. The summed E-state index contributed by atoms with van der Waals surface area (Å²) in [5, 5.41) is 13.8. The van der Waals surface area contributed by atoms with Crippen LogP contribution in [0.5, 0.6) is 0 Å². The Kier molecular flexibility index (Phi) is 4.51. The maximum Gasteiger partial charge on any atom is 0.314 e. The highest BCUT2D eigenvalue weighted by Gasteiger charge is 2.21. The van der Waals surface area contributed by atoms with E-state index in [0.29, 0.717) is 5.56 Å². The average Bonchev–Trinajstić information content (AvgIpc) is 2.44. The second-order valence-corrected chi connectivity index (χ2v) is 7.85. The second kappa shape index (κ2) is 6.07. The summed E-state index contributed by atoms with van der Waals surface area (Å²) in [5.74, 6) is -0.744. The highest BCUT2D eigenvalue weighted by atomic mass is 31.2. The fourth-order valence-electron chi connectivity index (χ4n) is 1.95. The van der Waals surface area contributed by atoms with Gasteiger partial charge in [0.1, 0.15) is 0 Å². The standard InChI is InChI=1S/C12H15N4O6P/c1-6(23(2,21)22)13-5-7-3-8(16(19)20)4-9-10(7)15-12(18)11(17)14-9/h3-4,6,13H,5H2,1-2H3,(H,14,17)(H,15,18)(H,21,22). The topological polar surface area (TPSA) is 158 Å². The lowest BCUT2D eigenvalue weighted by Crippen LogP contribution is -2.30.